The van der Waals surface area contributed by atoms with Crippen molar-refractivity contribution >= 4 is 11.8 Å². The predicted molar refractivity (Wildman–Crippen MR) is 74.3 cm³/mol. The van der Waals surface area contributed by atoms with Crippen LogP contribution in [0.3, 0.4) is 0 Å². The first kappa shape index (κ1) is 13.0. The largest absolute Gasteiger partial charge is 0.468 e. The van der Waals surface area contributed by atoms with Gasteiger partial charge in [0.1, 0.15) is 5.76 Å². The molecular formula is C14H23NOS. The zero-order chi connectivity index (χ0) is 11.9. The highest BCUT2D eigenvalue weighted by atomic mass is 32.2. The van der Waals surface area contributed by atoms with E-state index >= 15 is 0 Å². The third kappa shape index (κ3) is 4.76. The highest BCUT2D eigenvalue weighted by Gasteiger charge is 2.16. The molecule has 1 aliphatic carbocycles. The lowest BCUT2D eigenvalue weighted by Gasteiger charge is -2.26. The van der Waals surface area contributed by atoms with E-state index in [1.54, 1.807) is 6.26 Å². The van der Waals surface area contributed by atoms with Crippen LogP contribution in [0.2, 0.25) is 0 Å². The lowest BCUT2D eigenvalue weighted by Crippen LogP contribution is -2.34. The molecule has 0 spiro atoms. The quantitative estimate of drug-likeness (QED) is 0.783. The van der Waals surface area contributed by atoms with Crippen LogP contribution in [0.4, 0.5) is 0 Å². The summed E-state index contributed by atoms with van der Waals surface area (Å²) in [5.41, 5.74) is 0. The summed E-state index contributed by atoms with van der Waals surface area (Å²) in [5.74, 6) is 4.20. The molecule has 1 heterocycles. The van der Waals surface area contributed by atoms with Gasteiger partial charge in [0.05, 0.1) is 12.0 Å². The predicted octanol–water partition coefficient (Wildman–Crippen LogP) is 3.68. The van der Waals surface area contributed by atoms with Gasteiger partial charge in [0.25, 0.3) is 0 Å². The summed E-state index contributed by atoms with van der Waals surface area (Å²) in [7, 11) is 0. The van der Waals surface area contributed by atoms with Gasteiger partial charge in [-0.3, -0.25) is 0 Å². The van der Waals surface area contributed by atoms with E-state index in [4.69, 9.17) is 4.42 Å². The summed E-state index contributed by atoms with van der Waals surface area (Å²) in [6.07, 6.45) is 7.28. The van der Waals surface area contributed by atoms with E-state index in [1.807, 2.05) is 23.9 Å². The average molecular weight is 253 g/mol. The SMILES string of the molecule is CC1CCC(NCCSCc2ccco2)CC1. The molecule has 1 aliphatic rings. The van der Waals surface area contributed by atoms with Gasteiger partial charge in [-0.15, -0.1) is 0 Å². The molecule has 1 fully saturated rings. The molecule has 0 bridgehead atoms. The molecule has 0 unspecified atom stereocenters. The molecule has 2 nitrogen and oxygen atoms in total. The molecule has 1 aromatic heterocycles. The van der Waals surface area contributed by atoms with Gasteiger partial charge in [-0.1, -0.05) is 6.92 Å². The Kier molecular flexibility index (Phi) is 5.46. The first-order valence-electron chi connectivity index (χ1n) is 6.68. The molecule has 0 amide bonds. The van der Waals surface area contributed by atoms with Crippen LogP contribution in [0, 0.1) is 5.92 Å². The molecule has 1 saturated carbocycles. The smallest absolute Gasteiger partial charge is 0.113 e. The molecule has 3 heteroatoms. The second kappa shape index (κ2) is 7.12. The monoisotopic (exact) mass is 253 g/mol. The minimum absolute atomic E-state index is 0.774. The average Bonchev–Trinajstić information content (AvgIpc) is 2.84. The van der Waals surface area contributed by atoms with Crippen LogP contribution in [0.1, 0.15) is 38.4 Å². The van der Waals surface area contributed by atoms with E-state index in [2.05, 4.69) is 12.2 Å². The lowest BCUT2D eigenvalue weighted by atomic mass is 9.87. The van der Waals surface area contributed by atoms with Crippen LogP contribution < -0.4 is 5.32 Å². The Balaban J connectivity index is 1.49. The Morgan fingerprint density at radius 2 is 2.18 bits per heavy atom. The summed E-state index contributed by atoms with van der Waals surface area (Å²) in [6, 6.07) is 4.77. The van der Waals surface area contributed by atoms with E-state index in [1.165, 1.54) is 31.4 Å². The van der Waals surface area contributed by atoms with Crippen molar-refractivity contribution in [1.82, 2.24) is 5.32 Å². The normalized spacial score (nSPS) is 25.0. The minimum atomic E-state index is 0.774. The molecule has 0 saturated heterocycles. The summed E-state index contributed by atoms with van der Waals surface area (Å²) in [5, 5.41) is 3.67. The van der Waals surface area contributed by atoms with Crippen LogP contribution >= 0.6 is 11.8 Å². The standard InChI is InChI=1S/C14H23NOS/c1-12-4-6-13(7-5-12)15-8-10-17-11-14-3-2-9-16-14/h2-3,9,12-13,15H,4-8,10-11H2,1H3. The molecule has 2 rings (SSSR count). The first-order chi connectivity index (χ1) is 8.34. The van der Waals surface area contributed by atoms with Crippen molar-refractivity contribution in [3.05, 3.63) is 24.2 Å². The van der Waals surface area contributed by atoms with Crippen LogP contribution in [0.5, 0.6) is 0 Å². The zero-order valence-corrected chi connectivity index (χ0v) is 11.5. The highest BCUT2D eigenvalue weighted by Crippen LogP contribution is 2.23. The Morgan fingerprint density at radius 1 is 1.35 bits per heavy atom. The number of hydrogen-bond acceptors (Lipinski definition) is 3. The second-order valence-electron chi connectivity index (χ2n) is 5.04. The van der Waals surface area contributed by atoms with Gasteiger partial charge >= 0.3 is 0 Å². The molecule has 0 radical (unpaired) electrons. The van der Waals surface area contributed by atoms with Crippen molar-refractivity contribution < 1.29 is 4.42 Å². The maximum absolute atomic E-state index is 5.30. The molecule has 1 aromatic rings. The van der Waals surface area contributed by atoms with Crippen molar-refractivity contribution in [2.75, 3.05) is 12.3 Å². The van der Waals surface area contributed by atoms with Crippen LogP contribution in [0.15, 0.2) is 22.8 Å². The van der Waals surface area contributed by atoms with E-state index in [9.17, 15) is 0 Å². The zero-order valence-electron chi connectivity index (χ0n) is 10.7. The van der Waals surface area contributed by atoms with Gasteiger partial charge in [0.15, 0.2) is 0 Å². The Bertz CT molecular complexity index is 291. The fourth-order valence-corrected chi connectivity index (χ4v) is 3.14. The molecule has 0 aliphatic heterocycles. The van der Waals surface area contributed by atoms with Crippen molar-refractivity contribution in [3.8, 4) is 0 Å². The van der Waals surface area contributed by atoms with Gasteiger partial charge in [0, 0.05) is 18.3 Å². The van der Waals surface area contributed by atoms with Crippen LogP contribution in [-0.2, 0) is 5.75 Å². The van der Waals surface area contributed by atoms with Gasteiger partial charge in [-0.05, 0) is 43.7 Å². The number of nitrogens with one attached hydrogen (secondary N) is 1. The Labute approximate surface area is 109 Å². The number of hydrogen-bond donors (Lipinski definition) is 1. The first-order valence-corrected chi connectivity index (χ1v) is 7.83. The maximum atomic E-state index is 5.30. The van der Waals surface area contributed by atoms with Gasteiger partial charge in [-0.25, -0.2) is 0 Å². The number of rotatable bonds is 6. The van der Waals surface area contributed by atoms with Gasteiger partial charge < -0.3 is 9.73 Å². The van der Waals surface area contributed by atoms with E-state index in [0.717, 1.165) is 30.0 Å². The summed E-state index contributed by atoms with van der Waals surface area (Å²) < 4.78 is 5.30. The fraction of sp³-hybridized carbons (Fsp3) is 0.714. The molecule has 1 N–H and O–H groups in total. The number of furan rings is 1. The van der Waals surface area contributed by atoms with E-state index < -0.39 is 0 Å². The van der Waals surface area contributed by atoms with E-state index in [-0.39, 0.29) is 0 Å². The van der Waals surface area contributed by atoms with Crippen molar-refractivity contribution in [2.24, 2.45) is 5.92 Å². The molecule has 96 valence electrons. The lowest BCUT2D eigenvalue weighted by molar-refractivity contribution is 0.312. The third-order valence-electron chi connectivity index (χ3n) is 3.52. The minimum Gasteiger partial charge on any atom is -0.468 e. The van der Waals surface area contributed by atoms with E-state index in [0.29, 0.717) is 0 Å². The van der Waals surface area contributed by atoms with Crippen molar-refractivity contribution in [3.63, 3.8) is 0 Å². The number of thioether (sulfide) groups is 1. The van der Waals surface area contributed by atoms with Crippen LogP contribution in [0.25, 0.3) is 0 Å². The molecule has 17 heavy (non-hydrogen) atoms. The highest BCUT2D eigenvalue weighted by molar-refractivity contribution is 7.98. The Morgan fingerprint density at radius 3 is 2.88 bits per heavy atom. The van der Waals surface area contributed by atoms with Crippen molar-refractivity contribution in [1.29, 1.82) is 0 Å². The van der Waals surface area contributed by atoms with Crippen molar-refractivity contribution in [2.45, 2.75) is 44.4 Å². The summed E-state index contributed by atoms with van der Waals surface area (Å²) >= 11 is 1.94. The third-order valence-corrected chi connectivity index (χ3v) is 4.50. The summed E-state index contributed by atoms with van der Waals surface area (Å²) in [4.78, 5) is 0. The summed E-state index contributed by atoms with van der Waals surface area (Å²) in [6.45, 7) is 3.50. The topological polar surface area (TPSA) is 25.2 Å². The van der Waals surface area contributed by atoms with Crippen LogP contribution in [-0.4, -0.2) is 18.3 Å². The Hall–Kier alpha value is -0.410. The molecule has 0 atom stereocenters. The maximum Gasteiger partial charge on any atom is 0.113 e. The molecule has 0 aromatic carbocycles. The second-order valence-corrected chi connectivity index (χ2v) is 6.15. The van der Waals surface area contributed by atoms with Gasteiger partial charge in [-0.2, -0.15) is 11.8 Å². The van der Waals surface area contributed by atoms with Gasteiger partial charge in [0.2, 0.25) is 0 Å². The fourth-order valence-electron chi connectivity index (χ4n) is 2.37. The molecular weight excluding hydrogens is 230 g/mol.